The summed E-state index contributed by atoms with van der Waals surface area (Å²) in [6.07, 6.45) is 1.13. The van der Waals surface area contributed by atoms with E-state index in [9.17, 15) is 19.2 Å². The van der Waals surface area contributed by atoms with Gasteiger partial charge in [-0.1, -0.05) is 24.3 Å². The first-order chi connectivity index (χ1) is 35.7. The van der Waals surface area contributed by atoms with E-state index >= 15 is 0 Å². The van der Waals surface area contributed by atoms with E-state index in [2.05, 4.69) is 35.7 Å². The van der Waals surface area contributed by atoms with Crippen molar-refractivity contribution in [2.75, 3.05) is 50.3 Å². The summed E-state index contributed by atoms with van der Waals surface area (Å²) in [4.78, 5) is 64.4. The summed E-state index contributed by atoms with van der Waals surface area (Å²) in [5.74, 6) is 0.485. The molecule has 4 fully saturated rings. The molecule has 19 heteroatoms. The van der Waals surface area contributed by atoms with Crippen LogP contribution in [0, 0.1) is 3.57 Å². The van der Waals surface area contributed by atoms with E-state index in [0.717, 1.165) is 51.5 Å². The SMILES string of the molecule is C=C1C[C@H]2[C@H](OC3CCCCO3)N(C(=O)OC(C)(C)C)c3cc(OCc4cc(I)cc(COc5cc6c(cc5OC)C(=O)N5CC(=C)C[C@H]5[C@H](OC5CCCCO5)N6C(=O)OC(C)(C)C)c4)c(OC)cc3C(=O)N2C1. The third-order valence-electron chi connectivity index (χ3n) is 13.7. The molecule has 75 heavy (non-hydrogen) atoms. The van der Waals surface area contributed by atoms with Crippen molar-refractivity contribution in [3.63, 3.8) is 0 Å². The van der Waals surface area contributed by atoms with Gasteiger partial charge in [0, 0.05) is 42.0 Å². The number of fused-ring (bicyclic) bond motifs is 4. The maximum atomic E-state index is 14.6. The lowest BCUT2D eigenvalue weighted by Crippen LogP contribution is -2.54. The molecule has 0 N–H and O–H groups in total. The molecule has 18 nitrogen and oxygen atoms in total. The Morgan fingerprint density at radius 3 is 1.39 bits per heavy atom. The molecule has 6 aliphatic rings. The van der Waals surface area contributed by atoms with E-state index in [0.29, 0.717) is 52.0 Å². The number of hydrogen-bond acceptors (Lipinski definition) is 14. The van der Waals surface area contributed by atoms with Crippen LogP contribution in [0.25, 0.3) is 0 Å². The van der Waals surface area contributed by atoms with Gasteiger partial charge in [-0.05, 0) is 157 Å². The van der Waals surface area contributed by atoms with Gasteiger partial charge in [-0.3, -0.25) is 9.59 Å². The highest BCUT2D eigenvalue weighted by Crippen LogP contribution is 2.46. The van der Waals surface area contributed by atoms with Crippen LogP contribution in [0.1, 0.15) is 125 Å². The fourth-order valence-corrected chi connectivity index (χ4v) is 11.2. The molecule has 4 amide bonds. The lowest BCUT2D eigenvalue weighted by atomic mass is 10.1. The highest BCUT2D eigenvalue weighted by atomic mass is 127. The van der Waals surface area contributed by atoms with Gasteiger partial charge in [0.25, 0.3) is 11.8 Å². The van der Waals surface area contributed by atoms with Crippen LogP contribution in [0.15, 0.2) is 66.8 Å². The molecule has 0 aliphatic carbocycles. The van der Waals surface area contributed by atoms with Gasteiger partial charge in [0.2, 0.25) is 0 Å². The predicted octanol–water partition coefficient (Wildman–Crippen LogP) is 10.3. The third kappa shape index (κ3) is 12.0. The van der Waals surface area contributed by atoms with Gasteiger partial charge in [-0.25, -0.2) is 19.4 Å². The van der Waals surface area contributed by atoms with Crippen molar-refractivity contribution >= 4 is 58.0 Å². The molecule has 0 spiro atoms. The molecule has 0 bridgehead atoms. The van der Waals surface area contributed by atoms with Crippen molar-refractivity contribution in [1.82, 2.24) is 9.80 Å². The molecule has 404 valence electrons. The number of amides is 4. The number of benzene rings is 3. The van der Waals surface area contributed by atoms with Gasteiger partial charge in [0.1, 0.15) is 24.4 Å². The molecule has 9 rings (SSSR count). The molecule has 2 unspecified atom stereocenters. The van der Waals surface area contributed by atoms with Crippen molar-refractivity contribution in [2.24, 2.45) is 0 Å². The molecule has 3 aromatic carbocycles. The molecule has 0 radical (unpaired) electrons. The number of rotatable bonds is 12. The summed E-state index contributed by atoms with van der Waals surface area (Å²) in [5.41, 5.74) is 2.38. The number of anilines is 2. The van der Waals surface area contributed by atoms with Crippen molar-refractivity contribution in [1.29, 1.82) is 0 Å². The highest BCUT2D eigenvalue weighted by Gasteiger charge is 2.51. The zero-order chi connectivity index (χ0) is 53.5. The Bertz CT molecular complexity index is 2530. The molecule has 4 saturated heterocycles. The van der Waals surface area contributed by atoms with Gasteiger partial charge in [-0.15, -0.1) is 0 Å². The summed E-state index contributed by atoms with van der Waals surface area (Å²) in [6.45, 7) is 20.9. The molecule has 3 aromatic rings. The monoisotopic (exact) mass is 1150 g/mol. The first kappa shape index (κ1) is 54.2. The molecule has 0 aromatic heterocycles. The van der Waals surface area contributed by atoms with Crippen LogP contribution in [0.2, 0.25) is 0 Å². The van der Waals surface area contributed by atoms with Gasteiger partial charge < -0.3 is 57.2 Å². The number of carbonyl (C=O) groups is 4. The number of ether oxygens (including phenoxy) is 10. The summed E-state index contributed by atoms with van der Waals surface area (Å²) < 4.78 is 63.3. The van der Waals surface area contributed by atoms with Crippen LogP contribution in [-0.2, 0) is 41.6 Å². The highest BCUT2D eigenvalue weighted by molar-refractivity contribution is 14.1. The minimum absolute atomic E-state index is 0.0507. The maximum Gasteiger partial charge on any atom is 0.417 e. The quantitative estimate of drug-likeness (QED) is 0.124. The van der Waals surface area contributed by atoms with Gasteiger partial charge in [0.15, 0.2) is 48.0 Å². The number of hydrogen-bond donors (Lipinski definition) is 0. The van der Waals surface area contributed by atoms with Crippen molar-refractivity contribution in [3.05, 3.63) is 92.6 Å². The average Bonchev–Trinajstić information content (AvgIpc) is 3.93. The number of carbonyl (C=O) groups excluding carboxylic acids is 4. The molecule has 6 heterocycles. The van der Waals surface area contributed by atoms with Crippen molar-refractivity contribution in [2.45, 2.75) is 154 Å². The van der Waals surface area contributed by atoms with Crippen molar-refractivity contribution in [3.8, 4) is 23.0 Å². The third-order valence-corrected chi connectivity index (χ3v) is 14.3. The average molecular weight is 1150 g/mol. The first-order valence-corrected chi connectivity index (χ1v) is 26.8. The van der Waals surface area contributed by atoms with Gasteiger partial charge >= 0.3 is 12.2 Å². The van der Waals surface area contributed by atoms with Crippen LogP contribution in [0.3, 0.4) is 0 Å². The van der Waals surface area contributed by atoms with Gasteiger partial charge in [0.05, 0.1) is 48.8 Å². The number of nitrogens with zero attached hydrogens (tertiary/aromatic N) is 4. The Balaban J connectivity index is 1.02. The zero-order valence-electron chi connectivity index (χ0n) is 44.2. The molecular formula is C56H69IN4O14. The maximum absolute atomic E-state index is 14.6. The van der Waals surface area contributed by atoms with E-state index in [-0.39, 0.29) is 70.5 Å². The fourth-order valence-electron chi connectivity index (χ4n) is 10.4. The van der Waals surface area contributed by atoms with E-state index in [1.54, 1.807) is 75.6 Å². The largest absolute Gasteiger partial charge is 0.493 e. The normalized spacial score (nSPS) is 23.9. The zero-order valence-corrected chi connectivity index (χ0v) is 46.4. The van der Waals surface area contributed by atoms with E-state index in [1.165, 1.54) is 24.0 Å². The smallest absolute Gasteiger partial charge is 0.417 e. The Hall–Kier alpha value is -5.61. The van der Waals surface area contributed by atoms with Crippen molar-refractivity contribution < 1.29 is 66.5 Å². The first-order valence-electron chi connectivity index (χ1n) is 25.7. The van der Waals surface area contributed by atoms with E-state index < -0.39 is 60.5 Å². The summed E-state index contributed by atoms with van der Waals surface area (Å²) >= 11 is 2.23. The Morgan fingerprint density at radius 1 is 0.613 bits per heavy atom. The minimum atomic E-state index is -0.977. The van der Waals surface area contributed by atoms with Crippen LogP contribution < -0.4 is 28.7 Å². The van der Waals surface area contributed by atoms with Crippen LogP contribution >= 0.6 is 22.6 Å². The second-order valence-corrected chi connectivity index (χ2v) is 23.1. The molecule has 6 atom stereocenters. The Labute approximate surface area is 452 Å². The van der Waals surface area contributed by atoms with Crippen LogP contribution in [0.5, 0.6) is 23.0 Å². The Kier molecular flexibility index (Phi) is 16.0. The van der Waals surface area contributed by atoms with Gasteiger partial charge in [-0.2, -0.15) is 0 Å². The summed E-state index contributed by atoms with van der Waals surface area (Å²) in [7, 11) is 2.99. The molecular weight excluding hydrogens is 1080 g/mol. The number of halogens is 1. The second kappa shape index (κ2) is 22.2. The standard InChI is InChI=1S/C56H69IN4O14/c1-32-19-41-51(72-47-15-11-13-17-68-47)60(53(64)74-55(3,4)5)39-26-45(43(66-9)24-37(39)49(62)58(41)28-32)70-30-34-21-35(23-36(57)22-34)31-71-46-27-40-38(25-44(46)67-10)50(63)59-29-33(2)20-42(59)52(73-48-16-12-14-18-69-48)61(40)54(65)75-56(6,7)8/h21-27,41-42,47-48,51-52H,1-2,11-20,28-31H2,3-10H3/t41-,42-,47?,48?,51-,52-/m0/s1. The predicted molar refractivity (Wildman–Crippen MR) is 285 cm³/mol. The molecule has 0 saturated carbocycles. The minimum Gasteiger partial charge on any atom is -0.493 e. The fraction of sp³-hybridized carbons (Fsp3) is 0.536. The summed E-state index contributed by atoms with van der Waals surface area (Å²) in [5, 5.41) is 0. The molecule has 6 aliphatic heterocycles. The lowest BCUT2D eigenvalue weighted by molar-refractivity contribution is -0.196. The lowest BCUT2D eigenvalue weighted by Gasteiger charge is -2.39. The summed E-state index contributed by atoms with van der Waals surface area (Å²) in [6, 6.07) is 11.2. The van der Waals surface area contributed by atoms with Crippen LogP contribution in [-0.4, -0.2) is 123 Å². The number of methoxy groups -OCH3 is 2. The van der Waals surface area contributed by atoms with E-state index in [4.69, 9.17) is 47.4 Å². The van der Waals surface area contributed by atoms with Crippen LogP contribution in [0.4, 0.5) is 21.0 Å². The second-order valence-electron chi connectivity index (χ2n) is 21.8. The van der Waals surface area contributed by atoms with E-state index in [1.807, 2.05) is 18.2 Å². The Morgan fingerprint density at radius 2 is 1.03 bits per heavy atom. The topological polar surface area (TPSA) is 174 Å².